The number of hydrogen-bond donors (Lipinski definition) is 2. The van der Waals surface area contributed by atoms with Crippen molar-refractivity contribution in [1.82, 2.24) is 34.7 Å². The van der Waals surface area contributed by atoms with E-state index in [2.05, 4.69) is 35.1 Å². The standard InChI is InChI=1S/C26H29ClN8O2/c1-26(2,3)37-25(36)35-10-8-34(9-11-35)15-17-6-7-28-23(12-17)33-24-31-19-5-4-18(13-21(19)32-24)20-14-22(27)30-16-29-20/h4-7,12-14,16H,8-11,15H2,1-3H3,(H2,28,31,32,33). The summed E-state index contributed by atoms with van der Waals surface area (Å²) in [6.45, 7) is 9.28. The van der Waals surface area contributed by atoms with Crippen molar-refractivity contribution >= 4 is 40.5 Å². The SMILES string of the molecule is CC(C)(C)OC(=O)N1CCN(Cc2ccnc(Nc3nc4ccc(-c5cc(Cl)ncn5)cc4[nH]3)c2)CC1. The number of anilines is 2. The molecule has 0 saturated carbocycles. The lowest BCUT2D eigenvalue weighted by molar-refractivity contribution is 0.0139. The number of aromatic amines is 1. The first kappa shape index (κ1) is 24.9. The molecule has 5 rings (SSSR count). The number of nitrogens with zero attached hydrogens (tertiary/aromatic N) is 6. The minimum atomic E-state index is -0.484. The molecular weight excluding hydrogens is 492 g/mol. The van der Waals surface area contributed by atoms with Gasteiger partial charge in [0, 0.05) is 50.6 Å². The third-order valence-corrected chi connectivity index (χ3v) is 6.12. The van der Waals surface area contributed by atoms with Crippen LogP contribution in [0.2, 0.25) is 5.15 Å². The highest BCUT2D eigenvalue weighted by Gasteiger charge is 2.25. The van der Waals surface area contributed by atoms with Crippen LogP contribution in [-0.4, -0.2) is 72.6 Å². The molecule has 37 heavy (non-hydrogen) atoms. The number of ether oxygens (including phenoxy) is 1. The Kier molecular flexibility index (Phi) is 6.94. The first-order valence-corrected chi connectivity index (χ1v) is 12.5. The lowest BCUT2D eigenvalue weighted by atomic mass is 10.1. The number of hydrogen-bond acceptors (Lipinski definition) is 8. The Hall–Kier alpha value is -3.76. The number of piperazine rings is 1. The molecule has 0 aliphatic carbocycles. The van der Waals surface area contributed by atoms with Crippen molar-refractivity contribution in [2.75, 3.05) is 31.5 Å². The molecule has 3 aromatic heterocycles. The van der Waals surface area contributed by atoms with Gasteiger partial charge < -0.3 is 19.9 Å². The summed E-state index contributed by atoms with van der Waals surface area (Å²) in [6.07, 6.45) is 2.98. The van der Waals surface area contributed by atoms with Gasteiger partial charge in [-0.2, -0.15) is 0 Å². The summed E-state index contributed by atoms with van der Waals surface area (Å²) in [5, 5.41) is 3.67. The van der Waals surface area contributed by atoms with Crippen LogP contribution in [0.5, 0.6) is 0 Å². The predicted octanol–water partition coefficient (Wildman–Crippen LogP) is 4.86. The second kappa shape index (κ2) is 10.3. The van der Waals surface area contributed by atoms with Crippen molar-refractivity contribution < 1.29 is 9.53 Å². The third kappa shape index (κ3) is 6.33. The molecule has 1 aromatic carbocycles. The number of H-pyrrole nitrogens is 1. The van der Waals surface area contributed by atoms with Crippen LogP contribution in [0.25, 0.3) is 22.3 Å². The molecule has 1 saturated heterocycles. The summed E-state index contributed by atoms with van der Waals surface area (Å²) < 4.78 is 5.49. The lowest BCUT2D eigenvalue weighted by Crippen LogP contribution is -2.49. The van der Waals surface area contributed by atoms with Crippen molar-refractivity contribution in [3.05, 3.63) is 59.6 Å². The number of carbonyl (C=O) groups is 1. The third-order valence-electron chi connectivity index (χ3n) is 5.91. The number of aromatic nitrogens is 5. The summed E-state index contributed by atoms with van der Waals surface area (Å²) in [5.74, 6) is 1.30. The number of halogens is 1. The molecule has 10 nitrogen and oxygen atoms in total. The average molecular weight is 521 g/mol. The van der Waals surface area contributed by atoms with Crippen LogP contribution in [0, 0.1) is 0 Å². The number of amides is 1. The van der Waals surface area contributed by atoms with Crippen LogP contribution in [0.3, 0.4) is 0 Å². The number of pyridine rings is 1. The van der Waals surface area contributed by atoms with E-state index in [0.29, 0.717) is 30.0 Å². The van der Waals surface area contributed by atoms with Crippen molar-refractivity contribution in [3.8, 4) is 11.3 Å². The Labute approximate surface area is 220 Å². The summed E-state index contributed by atoms with van der Waals surface area (Å²) >= 11 is 6.01. The van der Waals surface area contributed by atoms with Gasteiger partial charge in [-0.05, 0) is 50.6 Å². The number of nitrogens with one attached hydrogen (secondary N) is 2. The van der Waals surface area contributed by atoms with Gasteiger partial charge in [0.15, 0.2) is 0 Å². The van der Waals surface area contributed by atoms with Crippen LogP contribution < -0.4 is 5.32 Å². The predicted molar refractivity (Wildman–Crippen MR) is 143 cm³/mol. The van der Waals surface area contributed by atoms with Crippen molar-refractivity contribution in [2.24, 2.45) is 0 Å². The zero-order valence-electron chi connectivity index (χ0n) is 21.0. The second-order valence-corrected chi connectivity index (χ2v) is 10.3. The molecule has 0 atom stereocenters. The van der Waals surface area contributed by atoms with Crippen LogP contribution in [-0.2, 0) is 11.3 Å². The van der Waals surface area contributed by atoms with E-state index >= 15 is 0 Å². The fourth-order valence-electron chi connectivity index (χ4n) is 4.16. The monoisotopic (exact) mass is 520 g/mol. The highest BCUT2D eigenvalue weighted by Crippen LogP contribution is 2.25. The van der Waals surface area contributed by atoms with Crippen LogP contribution >= 0.6 is 11.6 Å². The van der Waals surface area contributed by atoms with E-state index in [1.807, 2.05) is 51.1 Å². The number of imidazole rings is 1. The Balaban J connectivity index is 1.21. The highest BCUT2D eigenvalue weighted by molar-refractivity contribution is 6.29. The van der Waals surface area contributed by atoms with Gasteiger partial charge in [-0.15, -0.1) is 0 Å². The number of carbonyl (C=O) groups excluding carboxylic acids is 1. The van der Waals surface area contributed by atoms with Crippen LogP contribution in [0.15, 0.2) is 48.9 Å². The van der Waals surface area contributed by atoms with E-state index in [1.165, 1.54) is 6.33 Å². The van der Waals surface area contributed by atoms with Gasteiger partial charge in [0.05, 0.1) is 16.7 Å². The van der Waals surface area contributed by atoms with Crippen molar-refractivity contribution in [1.29, 1.82) is 0 Å². The summed E-state index contributed by atoms with van der Waals surface area (Å²) in [6, 6.07) is 11.6. The molecule has 0 spiro atoms. The van der Waals surface area contributed by atoms with Gasteiger partial charge in [0.1, 0.15) is 22.9 Å². The maximum absolute atomic E-state index is 12.3. The summed E-state index contributed by atoms with van der Waals surface area (Å²) in [7, 11) is 0. The summed E-state index contributed by atoms with van der Waals surface area (Å²) in [5.41, 5.74) is 4.00. The maximum atomic E-state index is 12.3. The molecule has 1 fully saturated rings. The molecule has 2 N–H and O–H groups in total. The van der Waals surface area contributed by atoms with Gasteiger partial charge in [0.2, 0.25) is 5.95 Å². The van der Waals surface area contributed by atoms with Crippen LogP contribution in [0.1, 0.15) is 26.3 Å². The molecule has 4 heterocycles. The fourth-order valence-corrected chi connectivity index (χ4v) is 4.30. The Morgan fingerprint density at radius 2 is 1.89 bits per heavy atom. The van der Waals surface area contributed by atoms with Gasteiger partial charge in [-0.3, -0.25) is 4.90 Å². The lowest BCUT2D eigenvalue weighted by Gasteiger charge is -2.35. The van der Waals surface area contributed by atoms with E-state index in [9.17, 15) is 4.79 Å². The van der Waals surface area contributed by atoms with E-state index in [-0.39, 0.29) is 6.09 Å². The van der Waals surface area contributed by atoms with Crippen molar-refractivity contribution in [2.45, 2.75) is 32.9 Å². The zero-order chi connectivity index (χ0) is 26.0. The Morgan fingerprint density at radius 3 is 2.65 bits per heavy atom. The molecular formula is C26H29ClN8O2. The van der Waals surface area contributed by atoms with E-state index < -0.39 is 5.60 Å². The van der Waals surface area contributed by atoms with Gasteiger partial charge in [0.25, 0.3) is 0 Å². The van der Waals surface area contributed by atoms with Gasteiger partial charge >= 0.3 is 6.09 Å². The molecule has 11 heteroatoms. The van der Waals surface area contributed by atoms with Crippen LogP contribution in [0.4, 0.5) is 16.6 Å². The van der Waals surface area contributed by atoms with Crippen molar-refractivity contribution in [3.63, 3.8) is 0 Å². The second-order valence-electron chi connectivity index (χ2n) is 9.96. The minimum absolute atomic E-state index is 0.249. The molecule has 1 aliphatic heterocycles. The first-order valence-electron chi connectivity index (χ1n) is 12.1. The van der Waals surface area contributed by atoms with Gasteiger partial charge in [-0.1, -0.05) is 17.7 Å². The molecule has 0 bridgehead atoms. The quantitative estimate of drug-likeness (QED) is 0.359. The maximum Gasteiger partial charge on any atom is 0.410 e. The first-order chi connectivity index (χ1) is 17.7. The number of rotatable bonds is 5. The Bertz CT molecular complexity index is 1410. The minimum Gasteiger partial charge on any atom is -0.444 e. The molecule has 1 amide bonds. The van der Waals surface area contributed by atoms with E-state index in [0.717, 1.165) is 47.5 Å². The molecule has 4 aromatic rings. The van der Waals surface area contributed by atoms with Gasteiger partial charge in [-0.25, -0.2) is 24.7 Å². The number of fused-ring (bicyclic) bond motifs is 1. The topological polar surface area (TPSA) is 112 Å². The fraction of sp³-hybridized carbons (Fsp3) is 0.346. The molecule has 0 unspecified atom stereocenters. The highest BCUT2D eigenvalue weighted by atomic mass is 35.5. The summed E-state index contributed by atoms with van der Waals surface area (Å²) in [4.78, 5) is 37.0. The van der Waals surface area contributed by atoms with E-state index in [1.54, 1.807) is 17.2 Å². The molecule has 1 aliphatic rings. The average Bonchev–Trinajstić information content (AvgIpc) is 3.25. The Morgan fingerprint density at radius 1 is 1.08 bits per heavy atom. The normalized spacial score (nSPS) is 14.6. The molecule has 192 valence electrons. The zero-order valence-corrected chi connectivity index (χ0v) is 21.8. The largest absolute Gasteiger partial charge is 0.444 e. The van der Waals surface area contributed by atoms with E-state index in [4.69, 9.17) is 16.3 Å². The smallest absolute Gasteiger partial charge is 0.410 e. The number of benzene rings is 1. The molecule has 0 radical (unpaired) electrons.